The number of carbonyl (C=O) groups is 2. The maximum Gasteiger partial charge on any atom is 0.271 e. The molecule has 1 amide bonds. The van der Waals surface area contributed by atoms with Crippen LogP contribution in [0, 0.1) is 5.92 Å². The summed E-state index contributed by atoms with van der Waals surface area (Å²) in [5, 5.41) is 6.38. The van der Waals surface area contributed by atoms with E-state index in [4.69, 9.17) is 0 Å². The number of nitrogens with zero attached hydrogens (tertiary/aromatic N) is 3. The molecule has 1 aromatic rings. The fourth-order valence-electron chi connectivity index (χ4n) is 3.28. The molecule has 9 heteroatoms. The zero-order valence-electron chi connectivity index (χ0n) is 12.4. The lowest BCUT2D eigenvalue weighted by Crippen LogP contribution is -2.40. The summed E-state index contributed by atoms with van der Waals surface area (Å²) in [4.78, 5) is 25.3. The Morgan fingerprint density at radius 1 is 1.36 bits per heavy atom. The van der Waals surface area contributed by atoms with Crippen LogP contribution in [0.25, 0.3) is 0 Å². The van der Waals surface area contributed by atoms with Crippen molar-refractivity contribution in [1.29, 1.82) is 0 Å². The number of hydrogen-bond acceptors (Lipinski definition) is 5. The van der Waals surface area contributed by atoms with E-state index >= 15 is 0 Å². The standard InChI is InChI=1S/C13H18N4O4S/c1-8(18)10-5-11(15-14-10)13(19)16-6-9-3-4-17(12(9)7-16)22(2,20)21/h5,9,12H,3-4,6-7H2,1-2H3,(H,14,15)/t9-,12+/m1/s1. The number of ketones is 1. The van der Waals surface area contributed by atoms with Gasteiger partial charge in [-0.3, -0.25) is 14.7 Å². The Balaban J connectivity index is 1.75. The van der Waals surface area contributed by atoms with Gasteiger partial charge in [-0.05, 0) is 18.4 Å². The molecule has 2 fully saturated rings. The minimum absolute atomic E-state index is 0.144. The van der Waals surface area contributed by atoms with Crippen molar-refractivity contribution in [2.75, 3.05) is 25.9 Å². The molecule has 2 aliphatic heterocycles. The molecule has 2 atom stereocenters. The molecule has 0 spiro atoms. The van der Waals surface area contributed by atoms with Gasteiger partial charge >= 0.3 is 0 Å². The third kappa shape index (κ3) is 2.54. The predicted octanol–water partition coefficient (Wildman–Crippen LogP) is -0.282. The Bertz CT molecular complexity index is 726. The molecule has 1 N–H and O–H groups in total. The molecule has 1 aromatic heterocycles. The van der Waals surface area contributed by atoms with E-state index in [2.05, 4.69) is 10.2 Å². The van der Waals surface area contributed by atoms with Crippen molar-refractivity contribution >= 4 is 21.7 Å². The van der Waals surface area contributed by atoms with Crippen LogP contribution in [0.1, 0.15) is 34.3 Å². The number of rotatable bonds is 3. The maximum absolute atomic E-state index is 12.4. The van der Waals surface area contributed by atoms with Crippen molar-refractivity contribution in [2.24, 2.45) is 5.92 Å². The molecule has 8 nitrogen and oxygen atoms in total. The fourth-order valence-corrected chi connectivity index (χ4v) is 4.45. The number of Topliss-reactive ketones (excluding diaryl/α,β-unsaturated/α-hetero) is 1. The highest BCUT2D eigenvalue weighted by Crippen LogP contribution is 2.33. The van der Waals surface area contributed by atoms with Crippen molar-refractivity contribution < 1.29 is 18.0 Å². The van der Waals surface area contributed by atoms with Crippen LogP contribution in [0.4, 0.5) is 0 Å². The number of sulfonamides is 1. The second-order valence-electron chi connectivity index (χ2n) is 5.92. The summed E-state index contributed by atoms with van der Waals surface area (Å²) in [6.45, 7) is 2.82. The highest BCUT2D eigenvalue weighted by molar-refractivity contribution is 7.88. The third-order valence-corrected chi connectivity index (χ3v) is 5.68. The lowest BCUT2D eigenvalue weighted by atomic mass is 10.1. The van der Waals surface area contributed by atoms with Gasteiger partial charge in [0.2, 0.25) is 10.0 Å². The monoisotopic (exact) mass is 326 g/mol. The molecule has 120 valence electrons. The van der Waals surface area contributed by atoms with Crippen molar-refractivity contribution in [1.82, 2.24) is 19.4 Å². The van der Waals surface area contributed by atoms with Crippen molar-refractivity contribution in [3.05, 3.63) is 17.5 Å². The number of nitrogens with one attached hydrogen (secondary N) is 1. The summed E-state index contributed by atoms with van der Waals surface area (Å²) < 4.78 is 25.0. The van der Waals surface area contributed by atoms with E-state index in [0.717, 1.165) is 6.42 Å². The van der Waals surface area contributed by atoms with E-state index in [9.17, 15) is 18.0 Å². The van der Waals surface area contributed by atoms with Crippen molar-refractivity contribution in [3.8, 4) is 0 Å². The number of hydrogen-bond donors (Lipinski definition) is 1. The molecule has 2 aliphatic rings. The molecule has 2 saturated heterocycles. The first-order valence-electron chi connectivity index (χ1n) is 7.10. The molecular formula is C13H18N4O4S. The van der Waals surface area contributed by atoms with Crippen LogP contribution in [0.5, 0.6) is 0 Å². The molecule has 0 unspecified atom stereocenters. The summed E-state index contributed by atoms with van der Waals surface area (Å²) in [5.74, 6) is -0.284. The number of fused-ring (bicyclic) bond motifs is 1. The fraction of sp³-hybridized carbons (Fsp3) is 0.615. The zero-order valence-corrected chi connectivity index (χ0v) is 13.3. The molecule has 0 radical (unpaired) electrons. The topological polar surface area (TPSA) is 103 Å². The number of aromatic amines is 1. The second-order valence-corrected chi connectivity index (χ2v) is 7.86. The smallest absolute Gasteiger partial charge is 0.271 e. The third-order valence-electron chi connectivity index (χ3n) is 4.38. The van der Waals surface area contributed by atoms with E-state index in [0.29, 0.717) is 19.6 Å². The van der Waals surface area contributed by atoms with Crippen LogP contribution in [0.15, 0.2) is 6.07 Å². The lowest BCUT2D eigenvalue weighted by Gasteiger charge is -2.22. The first-order chi connectivity index (χ1) is 10.3. The van der Waals surface area contributed by atoms with Gasteiger partial charge in [-0.2, -0.15) is 9.40 Å². The Morgan fingerprint density at radius 2 is 2.09 bits per heavy atom. The zero-order chi connectivity index (χ0) is 16.1. The Morgan fingerprint density at radius 3 is 2.68 bits per heavy atom. The van der Waals surface area contributed by atoms with Crippen LogP contribution in [0.3, 0.4) is 0 Å². The van der Waals surface area contributed by atoms with Crippen molar-refractivity contribution in [3.63, 3.8) is 0 Å². The molecule has 0 bridgehead atoms. The summed E-state index contributed by atoms with van der Waals surface area (Å²) >= 11 is 0. The van der Waals surface area contributed by atoms with Crippen LogP contribution in [-0.2, 0) is 10.0 Å². The van der Waals surface area contributed by atoms with Gasteiger partial charge in [0.1, 0.15) is 11.4 Å². The van der Waals surface area contributed by atoms with E-state index in [1.165, 1.54) is 23.6 Å². The summed E-state index contributed by atoms with van der Waals surface area (Å²) in [7, 11) is -3.25. The van der Waals surface area contributed by atoms with Gasteiger partial charge in [-0.25, -0.2) is 8.42 Å². The summed E-state index contributed by atoms with van der Waals surface area (Å²) in [6, 6.07) is 1.29. The second kappa shape index (κ2) is 5.17. The highest BCUT2D eigenvalue weighted by Gasteiger charge is 2.46. The summed E-state index contributed by atoms with van der Waals surface area (Å²) in [6.07, 6.45) is 1.97. The Hall–Kier alpha value is -1.74. The molecule has 0 saturated carbocycles. The van der Waals surface area contributed by atoms with Gasteiger partial charge in [-0.15, -0.1) is 0 Å². The number of aromatic nitrogens is 2. The van der Waals surface area contributed by atoms with Crippen LogP contribution in [0.2, 0.25) is 0 Å². The molecule has 0 aromatic carbocycles. The average molecular weight is 326 g/mol. The first-order valence-corrected chi connectivity index (χ1v) is 8.94. The highest BCUT2D eigenvalue weighted by atomic mass is 32.2. The Labute approximate surface area is 128 Å². The normalized spacial score (nSPS) is 25.5. The van der Waals surface area contributed by atoms with E-state index in [1.807, 2.05) is 0 Å². The quantitative estimate of drug-likeness (QED) is 0.769. The first kappa shape index (κ1) is 15.2. The number of H-pyrrole nitrogens is 1. The molecular weight excluding hydrogens is 308 g/mol. The summed E-state index contributed by atoms with van der Waals surface area (Å²) in [5.41, 5.74) is 0.483. The van der Waals surface area contributed by atoms with Crippen molar-refractivity contribution in [2.45, 2.75) is 19.4 Å². The van der Waals surface area contributed by atoms with Gasteiger partial charge in [0.05, 0.1) is 6.26 Å². The lowest BCUT2D eigenvalue weighted by molar-refractivity contribution is 0.0772. The van der Waals surface area contributed by atoms with E-state index in [-0.39, 0.29) is 35.0 Å². The van der Waals surface area contributed by atoms with Crippen LogP contribution in [-0.4, -0.2) is 71.4 Å². The number of carbonyl (C=O) groups excluding carboxylic acids is 2. The van der Waals surface area contributed by atoms with E-state index < -0.39 is 10.0 Å². The minimum Gasteiger partial charge on any atom is -0.335 e. The van der Waals surface area contributed by atoms with Gasteiger partial charge in [0, 0.05) is 32.6 Å². The van der Waals surface area contributed by atoms with Gasteiger partial charge in [-0.1, -0.05) is 0 Å². The average Bonchev–Trinajstić information content (AvgIpc) is 3.11. The molecule has 3 heterocycles. The largest absolute Gasteiger partial charge is 0.335 e. The Kier molecular flexibility index (Phi) is 3.56. The SMILES string of the molecule is CC(=O)c1cc(C(=O)N2C[C@H]3CCN(S(C)(=O)=O)[C@H]3C2)[nH]n1. The van der Waals surface area contributed by atoms with Crippen LogP contribution < -0.4 is 0 Å². The number of amides is 1. The van der Waals surface area contributed by atoms with Gasteiger partial charge in [0.15, 0.2) is 5.78 Å². The van der Waals surface area contributed by atoms with E-state index in [1.54, 1.807) is 4.90 Å². The van der Waals surface area contributed by atoms with Gasteiger partial charge in [0.25, 0.3) is 5.91 Å². The predicted molar refractivity (Wildman–Crippen MR) is 77.9 cm³/mol. The van der Waals surface area contributed by atoms with Gasteiger partial charge < -0.3 is 4.90 Å². The molecule has 22 heavy (non-hydrogen) atoms. The maximum atomic E-state index is 12.4. The number of likely N-dealkylation sites (tertiary alicyclic amines) is 1. The molecule has 0 aliphatic carbocycles. The van der Waals surface area contributed by atoms with Crippen LogP contribution >= 0.6 is 0 Å². The molecule has 3 rings (SSSR count). The minimum atomic E-state index is -3.25.